The van der Waals surface area contributed by atoms with Crippen LogP contribution in [0.1, 0.15) is 44.0 Å². The van der Waals surface area contributed by atoms with Crippen molar-refractivity contribution >= 4 is 17.6 Å². The Morgan fingerprint density at radius 3 is 2.68 bits per heavy atom. The van der Waals surface area contributed by atoms with E-state index in [1.165, 1.54) is 4.90 Å². The first-order chi connectivity index (χ1) is 11.8. The summed E-state index contributed by atoms with van der Waals surface area (Å²) in [5.41, 5.74) is 1.12. The van der Waals surface area contributed by atoms with Crippen molar-refractivity contribution in [3.8, 4) is 5.75 Å². The summed E-state index contributed by atoms with van der Waals surface area (Å²) in [5.74, 6) is 0.907. The molecule has 0 unspecified atom stereocenters. The van der Waals surface area contributed by atoms with E-state index < -0.39 is 0 Å². The maximum absolute atomic E-state index is 12.7. The van der Waals surface area contributed by atoms with Crippen LogP contribution in [-0.4, -0.2) is 55.0 Å². The zero-order valence-electron chi connectivity index (χ0n) is 15.8. The lowest BCUT2D eigenvalue weighted by molar-refractivity contribution is 0.0827. The molecule has 1 aromatic rings. The standard InChI is InChI=1S/C19H29N3O3/c1-6-25-17-12-15(18(23)21(4)5)9-10-16(17)20-19(24)22-11-7-8-13(2)14(22)3/h9-10,12-14H,6-8,11H2,1-5H3,(H,20,24)/t13-,14-/m1/s1. The van der Waals surface area contributed by atoms with Crippen LogP contribution in [0.4, 0.5) is 10.5 Å². The van der Waals surface area contributed by atoms with Crippen LogP contribution in [0.2, 0.25) is 0 Å². The van der Waals surface area contributed by atoms with E-state index in [9.17, 15) is 9.59 Å². The predicted octanol–water partition coefficient (Wildman–Crippen LogP) is 3.44. The van der Waals surface area contributed by atoms with Crippen molar-refractivity contribution in [3.63, 3.8) is 0 Å². The predicted molar refractivity (Wildman–Crippen MR) is 99.2 cm³/mol. The van der Waals surface area contributed by atoms with Gasteiger partial charge in [0.1, 0.15) is 5.75 Å². The summed E-state index contributed by atoms with van der Waals surface area (Å²) in [5, 5.41) is 2.95. The summed E-state index contributed by atoms with van der Waals surface area (Å²) in [6.45, 7) is 7.36. The fourth-order valence-electron chi connectivity index (χ4n) is 3.10. The summed E-state index contributed by atoms with van der Waals surface area (Å²) < 4.78 is 5.64. The van der Waals surface area contributed by atoms with Gasteiger partial charge >= 0.3 is 6.03 Å². The summed E-state index contributed by atoms with van der Waals surface area (Å²) in [6.07, 6.45) is 2.17. The molecule has 2 atom stereocenters. The van der Waals surface area contributed by atoms with Crippen LogP contribution in [0.3, 0.4) is 0 Å². The number of carbonyl (C=O) groups excluding carboxylic acids is 2. The molecule has 138 valence electrons. The van der Waals surface area contributed by atoms with Crippen molar-refractivity contribution in [2.45, 2.75) is 39.7 Å². The van der Waals surface area contributed by atoms with E-state index in [1.807, 2.05) is 11.8 Å². The van der Waals surface area contributed by atoms with E-state index in [1.54, 1.807) is 32.3 Å². The number of amides is 3. The second-order valence-electron chi connectivity index (χ2n) is 6.83. The highest BCUT2D eigenvalue weighted by Crippen LogP contribution is 2.29. The van der Waals surface area contributed by atoms with Crippen molar-refractivity contribution in [1.29, 1.82) is 0 Å². The van der Waals surface area contributed by atoms with Gasteiger partial charge in [-0.1, -0.05) is 6.92 Å². The molecule has 0 saturated carbocycles. The number of hydrogen-bond acceptors (Lipinski definition) is 3. The molecule has 6 nitrogen and oxygen atoms in total. The van der Waals surface area contributed by atoms with Gasteiger partial charge < -0.3 is 19.9 Å². The van der Waals surface area contributed by atoms with E-state index >= 15 is 0 Å². The average Bonchev–Trinajstić information content (AvgIpc) is 2.58. The minimum absolute atomic E-state index is 0.0997. The molecule has 1 heterocycles. The summed E-state index contributed by atoms with van der Waals surface area (Å²) >= 11 is 0. The first-order valence-corrected chi connectivity index (χ1v) is 8.91. The molecule has 1 fully saturated rings. The lowest BCUT2D eigenvalue weighted by atomic mass is 9.92. The van der Waals surface area contributed by atoms with Crippen molar-refractivity contribution in [2.24, 2.45) is 5.92 Å². The van der Waals surface area contributed by atoms with Gasteiger partial charge in [-0.25, -0.2) is 4.79 Å². The highest BCUT2D eigenvalue weighted by atomic mass is 16.5. The molecule has 1 aromatic carbocycles. The van der Waals surface area contributed by atoms with E-state index in [0.29, 0.717) is 29.5 Å². The number of likely N-dealkylation sites (tertiary alicyclic amines) is 1. The number of urea groups is 1. The van der Waals surface area contributed by atoms with Crippen molar-refractivity contribution in [3.05, 3.63) is 23.8 Å². The van der Waals surface area contributed by atoms with Gasteiger partial charge in [0.25, 0.3) is 5.91 Å². The van der Waals surface area contributed by atoms with E-state index in [0.717, 1.165) is 19.4 Å². The molecule has 0 spiro atoms. The molecule has 1 aliphatic heterocycles. The smallest absolute Gasteiger partial charge is 0.322 e. The monoisotopic (exact) mass is 347 g/mol. The minimum Gasteiger partial charge on any atom is -0.492 e. The van der Waals surface area contributed by atoms with Crippen LogP contribution in [0.25, 0.3) is 0 Å². The van der Waals surface area contributed by atoms with Gasteiger partial charge in [-0.2, -0.15) is 0 Å². The van der Waals surface area contributed by atoms with Crippen LogP contribution >= 0.6 is 0 Å². The van der Waals surface area contributed by atoms with Crippen molar-refractivity contribution in [2.75, 3.05) is 32.6 Å². The lowest BCUT2D eigenvalue weighted by Gasteiger charge is -2.37. The molecule has 6 heteroatoms. The molecule has 25 heavy (non-hydrogen) atoms. The third kappa shape index (κ3) is 4.44. The van der Waals surface area contributed by atoms with Crippen LogP contribution < -0.4 is 10.1 Å². The fraction of sp³-hybridized carbons (Fsp3) is 0.579. The normalized spacial score (nSPS) is 20.1. The number of nitrogens with one attached hydrogen (secondary N) is 1. The Hall–Kier alpha value is -2.24. The second kappa shape index (κ2) is 8.23. The van der Waals surface area contributed by atoms with Gasteiger partial charge in [0.05, 0.1) is 12.3 Å². The molecule has 1 saturated heterocycles. The number of hydrogen-bond donors (Lipinski definition) is 1. The van der Waals surface area contributed by atoms with E-state index in [-0.39, 0.29) is 18.0 Å². The van der Waals surface area contributed by atoms with E-state index in [2.05, 4.69) is 19.2 Å². The minimum atomic E-state index is -0.119. The van der Waals surface area contributed by atoms with Gasteiger partial charge in [-0.15, -0.1) is 0 Å². The Balaban J connectivity index is 2.20. The Kier molecular flexibility index (Phi) is 6.28. The Bertz CT molecular complexity index is 630. The van der Waals surface area contributed by atoms with Crippen LogP contribution in [-0.2, 0) is 0 Å². The third-order valence-corrected chi connectivity index (χ3v) is 4.81. The number of ether oxygens (including phenoxy) is 1. The molecule has 0 aromatic heterocycles. The van der Waals surface area contributed by atoms with Gasteiger partial charge in [0, 0.05) is 32.2 Å². The number of rotatable bonds is 4. The second-order valence-corrected chi connectivity index (χ2v) is 6.83. The van der Waals surface area contributed by atoms with Gasteiger partial charge in [0.15, 0.2) is 0 Å². The Labute approximate surface area is 150 Å². The van der Waals surface area contributed by atoms with Gasteiger partial charge in [-0.3, -0.25) is 4.79 Å². The molecule has 2 rings (SSSR count). The summed E-state index contributed by atoms with van der Waals surface area (Å²) in [7, 11) is 3.41. The molecule has 3 amide bonds. The number of benzene rings is 1. The quantitative estimate of drug-likeness (QED) is 0.907. The first-order valence-electron chi connectivity index (χ1n) is 8.91. The van der Waals surface area contributed by atoms with E-state index in [4.69, 9.17) is 4.74 Å². The molecule has 0 radical (unpaired) electrons. The topological polar surface area (TPSA) is 61.9 Å². The van der Waals surface area contributed by atoms with Crippen LogP contribution in [0.5, 0.6) is 5.75 Å². The Morgan fingerprint density at radius 2 is 2.04 bits per heavy atom. The number of piperidine rings is 1. The van der Waals surface area contributed by atoms with Gasteiger partial charge in [-0.05, 0) is 50.8 Å². The Morgan fingerprint density at radius 1 is 1.32 bits per heavy atom. The molecule has 0 bridgehead atoms. The molecule has 1 N–H and O–H groups in total. The number of carbonyl (C=O) groups is 2. The maximum atomic E-state index is 12.7. The molecule has 0 aliphatic carbocycles. The first kappa shape index (κ1) is 19.1. The summed E-state index contributed by atoms with van der Waals surface area (Å²) in [4.78, 5) is 28.2. The molecular weight excluding hydrogens is 318 g/mol. The third-order valence-electron chi connectivity index (χ3n) is 4.81. The van der Waals surface area contributed by atoms with Crippen molar-refractivity contribution in [1.82, 2.24) is 9.80 Å². The summed E-state index contributed by atoms with van der Waals surface area (Å²) in [6, 6.07) is 5.22. The van der Waals surface area contributed by atoms with Crippen LogP contribution in [0, 0.1) is 5.92 Å². The molecule has 1 aliphatic rings. The van der Waals surface area contributed by atoms with Crippen LogP contribution in [0.15, 0.2) is 18.2 Å². The largest absolute Gasteiger partial charge is 0.492 e. The van der Waals surface area contributed by atoms with Gasteiger partial charge in [0.2, 0.25) is 0 Å². The maximum Gasteiger partial charge on any atom is 0.322 e. The zero-order valence-corrected chi connectivity index (χ0v) is 15.8. The highest BCUT2D eigenvalue weighted by Gasteiger charge is 2.28. The number of nitrogens with zero attached hydrogens (tertiary/aromatic N) is 2. The zero-order chi connectivity index (χ0) is 18.6. The highest BCUT2D eigenvalue weighted by molar-refractivity contribution is 5.96. The average molecular weight is 347 g/mol. The fourth-order valence-corrected chi connectivity index (χ4v) is 3.10. The SMILES string of the molecule is CCOc1cc(C(=O)N(C)C)ccc1NC(=O)N1CCC[C@@H](C)[C@H]1C. The number of anilines is 1. The lowest BCUT2D eigenvalue weighted by Crippen LogP contribution is -2.47. The van der Waals surface area contributed by atoms with Crippen molar-refractivity contribution < 1.29 is 14.3 Å². The molecular formula is C19H29N3O3.